The molecule has 0 aromatic heterocycles. The molecule has 3 heteroatoms. The summed E-state index contributed by atoms with van der Waals surface area (Å²) in [5.41, 5.74) is 1.10. The Labute approximate surface area is 105 Å². The second-order valence-corrected chi connectivity index (χ2v) is 5.26. The molecule has 1 nitrogen and oxygen atoms in total. The standard InChI is InChI=1S/C13H17BrFN/c14-13-11(4-1-5-12(13)15)9-10-3-2-7-16-8-6-10/h1,4-5,10,16H,2-3,6-9H2. The Bertz CT molecular complexity index is 346. The van der Waals surface area contributed by atoms with E-state index in [9.17, 15) is 4.39 Å². The molecule has 1 heterocycles. The van der Waals surface area contributed by atoms with E-state index in [1.165, 1.54) is 25.3 Å². The van der Waals surface area contributed by atoms with Gasteiger partial charge in [-0.05, 0) is 72.3 Å². The molecule has 1 atom stereocenters. The molecule has 0 aliphatic carbocycles. The van der Waals surface area contributed by atoms with Crippen LogP contribution in [-0.4, -0.2) is 13.1 Å². The lowest BCUT2D eigenvalue weighted by molar-refractivity contribution is 0.467. The SMILES string of the molecule is Fc1cccc(CC2CCCNCC2)c1Br. The van der Waals surface area contributed by atoms with Crippen LogP contribution in [0.4, 0.5) is 4.39 Å². The monoisotopic (exact) mass is 285 g/mol. The molecule has 1 aliphatic heterocycles. The fraction of sp³-hybridized carbons (Fsp3) is 0.538. The maximum Gasteiger partial charge on any atom is 0.137 e. The number of hydrogen-bond donors (Lipinski definition) is 1. The van der Waals surface area contributed by atoms with Crippen LogP contribution >= 0.6 is 15.9 Å². The molecule has 1 aromatic carbocycles. The van der Waals surface area contributed by atoms with Gasteiger partial charge in [0, 0.05) is 0 Å². The maximum atomic E-state index is 13.4. The van der Waals surface area contributed by atoms with Crippen molar-refractivity contribution in [3.63, 3.8) is 0 Å². The van der Waals surface area contributed by atoms with Crippen LogP contribution in [0.1, 0.15) is 24.8 Å². The lowest BCUT2D eigenvalue weighted by Crippen LogP contribution is -2.14. The molecule has 0 bridgehead atoms. The van der Waals surface area contributed by atoms with Crippen LogP contribution in [0.3, 0.4) is 0 Å². The Morgan fingerprint density at radius 3 is 3.06 bits per heavy atom. The zero-order valence-corrected chi connectivity index (χ0v) is 10.9. The summed E-state index contributed by atoms with van der Waals surface area (Å²) in [5, 5.41) is 3.40. The average molecular weight is 286 g/mol. The summed E-state index contributed by atoms with van der Waals surface area (Å²) in [6.45, 7) is 2.22. The molecular weight excluding hydrogens is 269 g/mol. The molecule has 0 saturated carbocycles. The van der Waals surface area contributed by atoms with Gasteiger partial charge >= 0.3 is 0 Å². The molecule has 16 heavy (non-hydrogen) atoms. The normalized spacial score (nSPS) is 21.8. The van der Waals surface area contributed by atoms with Gasteiger partial charge in [-0.3, -0.25) is 0 Å². The number of halogens is 2. The van der Waals surface area contributed by atoms with Crippen molar-refractivity contribution in [2.45, 2.75) is 25.7 Å². The first-order valence-corrected chi connectivity index (χ1v) is 6.70. The highest BCUT2D eigenvalue weighted by molar-refractivity contribution is 9.10. The van der Waals surface area contributed by atoms with Gasteiger partial charge in [0.05, 0.1) is 4.47 Å². The fourth-order valence-corrected chi connectivity index (χ4v) is 2.74. The van der Waals surface area contributed by atoms with Crippen LogP contribution in [0.25, 0.3) is 0 Å². The second-order valence-electron chi connectivity index (χ2n) is 4.46. The zero-order chi connectivity index (χ0) is 11.4. The summed E-state index contributed by atoms with van der Waals surface area (Å²) in [6.07, 6.45) is 4.66. The quantitative estimate of drug-likeness (QED) is 0.877. The van der Waals surface area contributed by atoms with Crippen molar-refractivity contribution in [2.75, 3.05) is 13.1 Å². The van der Waals surface area contributed by atoms with Crippen LogP contribution in [0.2, 0.25) is 0 Å². The van der Waals surface area contributed by atoms with Crippen molar-refractivity contribution in [1.82, 2.24) is 5.32 Å². The van der Waals surface area contributed by atoms with E-state index in [2.05, 4.69) is 21.2 Å². The molecule has 1 aliphatic rings. The Morgan fingerprint density at radius 2 is 2.19 bits per heavy atom. The van der Waals surface area contributed by atoms with E-state index in [-0.39, 0.29) is 5.82 Å². The van der Waals surface area contributed by atoms with Gasteiger partial charge in [0.1, 0.15) is 5.82 Å². The molecule has 0 radical (unpaired) electrons. The summed E-state index contributed by atoms with van der Waals surface area (Å²) in [5.74, 6) is 0.539. The zero-order valence-electron chi connectivity index (χ0n) is 9.31. The summed E-state index contributed by atoms with van der Waals surface area (Å²) in [4.78, 5) is 0. The van der Waals surface area contributed by atoms with E-state index >= 15 is 0 Å². The van der Waals surface area contributed by atoms with Gasteiger partial charge < -0.3 is 5.32 Å². The largest absolute Gasteiger partial charge is 0.317 e. The lowest BCUT2D eigenvalue weighted by atomic mass is 9.93. The molecule has 1 saturated heterocycles. The minimum atomic E-state index is -0.149. The van der Waals surface area contributed by atoms with Crippen molar-refractivity contribution in [1.29, 1.82) is 0 Å². The predicted octanol–water partition coefficient (Wildman–Crippen LogP) is 3.52. The maximum absolute atomic E-state index is 13.4. The number of hydrogen-bond acceptors (Lipinski definition) is 1. The van der Waals surface area contributed by atoms with Crippen LogP contribution in [-0.2, 0) is 6.42 Å². The Kier molecular flexibility index (Phi) is 4.36. The van der Waals surface area contributed by atoms with Crippen molar-refractivity contribution in [3.05, 3.63) is 34.1 Å². The first-order chi connectivity index (χ1) is 7.77. The smallest absolute Gasteiger partial charge is 0.137 e. The number of benzene rings is 1. The number of nitrogens with one attached hydrogen (secondary N) is 1. The molecule has 88 valence electrons. The van der Waals surface area contributed by atoms with Gasteiger partial charge in [-0.25, -0.2) is 4.39 Å². The van der Waals surface area contributed by atoms with Crippen molar-refractivity contribution < 1.29 is 4.39 Å². The first-order valence-electron chi connectivity index (χ1n) is 5.91. The van der Waals surface area contributed by atoms with E-state index in [1.54, 1.807) is 6.07 Å². The summed E-state index contributed by atoms with van der Waals surface area (Å²) < 4.78 is 14.0. The third-order valence-corrected chi connectivity index (χ3v) is 4.12. The van der Waals surface area contributed by atoms with Crippen LogP contribution < -0.4 is 5.32 Å². The third kappa shape index (κ3) is 3.05. The van der Waals surface area contributed by atoms with Gasteiger partial charge in [-0.1, -0.05) is 12.1 Å². The second kappa shape index (κ2) is 5.78. The fourth-order valence-electron chi connectivity index (χ4n) is 2.31. The van der Waals surface area contributed by atoms with Gasteiger partial charge in [0.15, 0.2) is 0 Å². The highest BCUT2D eigenvalue weighted by Crippen LogP contribution is 2.26. The van der Waals surface area contributed by atoms with Crippen molar-refractivity contribution in [2.24, 2.45) is 5.92 Å². The van der Waals surface area contributed by atoms with Gasteiger partial charge in [-0.15, -0.1) is 0 Å². The molecular formula is C13H17BrFN. The van der Waals surface area contributed by atoms with E-state index in [4.69, 9.17) is 0 Å². The first kappa shape index (κ1) is 12.1. The summed E-state index contributed by atoms with van der Waals surface area (Å²) in [6, 6.07) is 5.32. The highest BCUT2D eigenvalue weighted by Gasteiger charge is 2.14. The molecule has 0 spiro atoms. The Balaban J connectivity index is 2.04. The van der Waals surface area contributed by atoms with E-state index in [0.29, 0.717) is 10.4 Å². The predicted molar refractivity (Wildman–Crippen MR) is 68.0 cm³/mol. The molecule has 1 N–H and O–H groups in total. The van der Waals surface area contributed by atoms with E-state index in [1.807, 2.05) is 6.07 Å². The van der Waals surface area contributed by atoms with Gasteiger partial charge in [0.25, 0.3) is 0 Å². The number of rotatable bonds is 2. The third-order valence-electron chi connectivity index (χ3n) is 3.24. The summed E-state index contributed by atoms with van der Waals surface area (Å²) >= 11 is 3.34. The molecule has 1 unspecified atom stereocenters. The molecule has 0 amide bonds. The van der Waals surface area contributed by atoms with Crippen LogP contribution in [0, 0.1) is 11.7 Å². The minimum Gasteiger partial charge on any atom is -0.317 e. The van der Waals surface area contributed by atoms with Crippen molar-refractivity contribution in [3.8, 4) is 0 Å². The van der Waals surface area contributed by atoms with Gasteiger partial charge in [-0.2, -0.15) is 0 Å². The lowest BCUT2D eigenvalue weighted by Gasteiger charge is -2.14. The topological polar surface area (TPSA) is 12.0 Å². The van der Waals surface area contributed by atoms with Crippen LogP contribution in [0.15, 0.2) is 22.7 Å². The Morgan fingerprint density at radius 1 is 1.31 bits per heavy atom. The van der Waals surface area contributed by atoms with E-state index in [0.717, 1.165) is 25.1 Å². The molecule has 2 rings (SSSR count). The summed E-state index contributed by atoms with van der Waals surface area (Å²) in [7, 11) is 0. The van der Waals surface area contributed by atoms with E-state index < -0.39 is 0 Å². The Hall–Kier alpha value is -0.410. The highest BCUT2D eigenvalue weighted by atomic mass is 79.9. The molecule has 1 aromatic rings. The van der Waals surface area contributed by atoms with Crippen molar-refractivity contribution >= 4 is 15.9 Å². The van der Waals surface area contributed by atoms with Crippen LogP contribution in [0.5, 0.6) is 0 Å². The average Bonchev–Trinajstić information content (AvgIpc) is 2.53. The van der Waals surface area contributed by atoms with Gasteiger partial charge in [0.2, 0.25) is 0 Å². The minimum absolute atomic E-state index is 0.149. The molecule has 1 fully saturated rings.